The zero-order valence-electron chi connectivity index (χ0n) is 9.74. The van der Waals surface area contributed by atoms with Crippen LogP contribution >= 0.6 is 23.1 Å². The third kappa shape index (κ3) is 2.73. The third-order valence-electron chi connectivity index (χ3n) is 2.75. The van der Waals surface area contributed by atoms with Crippen molar-refractivity contribution in [2.24, 2.45) is 4.99 Å². The second kappa shape index (κ2) is 5.54. The topological polar surface area (TPSA) is 37.3 Å². The average Bonchev–Trinajstić information content (AvgIpc) is 3.09. The summed E-state index contributed by atoms with van der Waals surface area (Å²) in [6.07, 6.45) is 1.88. The van der Waals surface area contributed by atoms with Gasteiger partial charge in [-0.3, -0.25) is 9.98 Å². The van der Waals surface area contributed by atoms with Gasteiger partial charge in [0.15, 0.2) is 5.17 Å². The Balaban J connectivity index is 1.63. The van der Waals surface area contributed by atoms with Gasteiger partial charge in [0, 0.05) is 16.8 Å². The summed E-state index contributed by atoms with van der Waals surface area (Å²) in [7, 11) is 0. The Morgan fingerprint density at radius 2 is 2.22 bits per heavy atom. The van der Waals surface area contributed by atoms with Crippen molar-refractivity contribution in [1.29, 1.82) is 0 Å². The van der Waals surface area contributed by atoms with E-state index in [0.717, 1.165) is 17.5 Å². The van der Waals surface area contributed by atoms with E-state index >= 15 is 0 Å². The zero-order chi connectivity index (χ0) is 12.2. The van der Waals surface area contributed by atoms with Gasteiger partial charge < -0.3 is 5.32 Å². The number of amidine groups is 1. The summed E-state index contributed by atoms with van der Waals surface area (Å²) in [5, 5.41) is 4.51. The number of aromatic nitrogens is 1. The zero-order valence-corrected chi connectivity index (χ0v) is 11.4. The van der Waals surface area contributed by atoms with E-state index in [1.54, 1.807) is 23.1 Å². The summed E-state index contributed by atoms with van der Waals surface area (Å²) in [5.41, 5.74) is 3.17. The summed E-state index contributed by atoms with van der Waals surface area (Å²) in [6, 6.07) is 10.9. The molecule has 1 N–H and O–H groups in total. The number of rotatable bonds is 3. The van der Waals surface area contributed by atoms with E-state index in [4.69, 9.17) is 0 Å². The Kier molecular flexibility index (Phi) is 3.61. The summed E-state index contributed by atoms with van der Waals surface area (Å²) in [4.78, 5) is 9.83. The smallest absolute Gasteiger partial charge is 0.157 e. The van der Waals surface area contributed by atoms with Crippen LogP contribution in [0.3, 0.4) is 0 Å². The van der Waals surface area contributed by atoms with Crippen molar-refractivity contribution in [3.05, 3.63) is 52.5 Å². The number of benzene rings is 1. The van der Waals surface area contributed by atoms with Gasteiger partial charge in [-0.1, -0.05) is 42.1 Å². The van der Waals surface area contributed by atoms with Crippen molar-refractivity contribution >= 4 is 28.3 Å². The highest BCUT2D eigenvalue weighted by atomic mass is 32.2. The van der Waals surface area contributed by atoms with Crippen molar-refractivity contribution in [3.8, 4) is 0 Å². The van der Waals surface area contributed by atoms with Gasteiger partial charge in [-0.25, -0.2) is 0 Å². The Labute approximate surface area is 114 Å². The molecule has 5 heteroatoms. The Bertz CT molecular complexity index is 522. The van der Waals surface area contributed by atoms with Gasteiger partial charge in [0.05, 0.1) is 18.1 Å². The van der Waals surface area contributed by atoms with Gasteiger partial charge in [-0.15, -0.1) is 11.3 Å². The molecule has 1 aliphatic rings. The number of thiazole rings is 1. The van der Waals surface area contributed by atoms with E-state index in [0.29, 0.717) is 6.04 Å². The lowest BCUT2D eigenvalue weighted by molar-refractivity contribution is 0.749. The van der Waals surface area contributed by atoms with Crippen molar-refractivity contribution in [2.75, 3.05) is 5.75 Å². The van der Waals surface area contributed by atoms with Gasteiger partial charge in [0.25, 0.3) is 0 Å². The molecule has 2 heterocycles. The molecular weight excluding hydrogens is 262 g/mol. The molecule has 3 nitrogen and oxygen atoms in total. The van der Waals surface area contributed by atoms with E-state index < -0.39 is 0 Å². The molecule has 0 aliphatic carbocycles. The second-order valence-corrected chi connectivity index (χ2v) is 5.99. The van der Waals surface area contributed by atoms with Gasteiger partial charge in [-0.2, -0.15) is 0 Å². The average molecular weight is 275 g/mol. The summed E-state index contributed by atoms with van der Waals surface area (Å²) in [5.74, 6) is 1.05. The molecule has 18 heavy (non-hydrogen) atoms. The number of hydrogen-bond donors (Lipinski definition) is 1. The molecule has 2 aromatic rings. The molecule has 3 rings (SSSR count). The third-order valence-corrected chi connectivity index (χ3v) is 4.53. The molecule has 0 spiro atoms. The standard InChI is InChI=1S/C13H13N3S2/c1-2-4-10(5-3-1)12-8-17-13(16-12)15-7-11-6-14-9-18-11/h1-6,9,12H,7-8H2,(H,15,16). The number of nitrogens with zero attached hydrogens (tertiary/aromatic N) is 2. The van der Waals surface area contributed by atoms with Crippen LogP contribution in [0.15, 0.2) is 47.0 Å². The highest BCUT2D eigenvalue weighted by Crippen LogP contribution is 2.26. The Morgan fingerprint density at radius 3 is 3.00 bits per heavy atom. The number of aliphatic imine (C=N–C) groups is 1. The van der Waals surface area contributed by atoms with E-state index in [1.807, 2.05) is 17.8 Å². The number of nitrogens with one attached hydrogen (secondary N) is 1. The first-order valence-electron chi connectivity index (χ1n) is 5.78. The molecule has 0 saturated carbocycles. The minimum atomic E-state index is 0.386. The summed E-state index contributed by atoms with van der Waals surface area (Å²) < 4.78 is 0. The molecule has 1 aromatic heterocycles. The van der Waals surface area contributed by atoms with E-state index in [2.05, 4.69) is 39.6 Å². The van der Waals surface area contributed by atoms with Crippen molar-refractivity contribution in [2.45, 2.75) is 12.6 Å². The molecule has 1 unspecified atom stereocenters. The Morgan fingerprint density at radius 1 is 1.33 bits per heavy atom. The van der Waals surface area contributed by atoms with Gasteiger partial charge >= 0.3 is 0 Å². The summed E-state index contributed by atoms with van der Waals surface area (Å²) in [6.45, 7) is 0.724. The van der Waals surface area contributed by atoms with Crippen LogP contribution in [0.5, 0.6) is 0 Å². The first kappa shape index (κ1) is 11.7. The fourth-order valence-corrected chi connectivity index (χ4v) is 3.32. The molecule has 1 aromatic carbocycles. The fourth-order valence-electron chi connectivity index (χ4n) is 1.82. The second-order valence-electron chi connectivity index (χ2n) is 4.01. The van der Waals surface area contributed by atoms with Crippen molar-refractivity contribution in [1.82, 2.24) is 10.3 Å². The highest BCUT2D eigenvalue weighted by Gasteiger charge is 2.21. The van der Waals surface area contributed by atoms with Gasteiger partial charge in [0.2, 0.25) is 0 Å². The maximum Gasteiger partial charge on any atom is 0.157 e. The lowest BCUT2D eigenvalue weighted by atomic mass is 10.1. The molecule has 92 valence electrons. The molecule has 1 atom stereocenters. The van der Waals surface area contributed by atoms with Crippen LogP contribution in [0.1, 0.15) is 16.5 Å². The SMILES string of the molecule is c1ccc(C2CSC(=NCc3cncs3)N2)cc1. The quantitative estimate of drug-likeness (QED) is 0.935. The van der Waals surface area contributed by atoms with Crippen LogP contribution in [0.25, 0.3) is 0 Å². The van der Waals surface area contributed by atoms with Crippen LogP contribution in [0.4, 0.5) is 0 Å². The predicted molar refractivity (Wildman–Crippen MR) is 78.0 cm³/mol. The van der Waals surface area contributed by atoms with Crippen molar-refractivity contribution < 1.29 is 0 Å². The van der Waals surface area contributed by atoms with Gasteiger partial charge in [-0.05, 0) is 5.56 Å². The first-order chi connectivity index (χ1) is 8.92. The minimum Gasteiger partial charge on any atom is -0.357 e. The maximum atomic E-state index is 4.58. The first-order valence-corrected chi connectivity index (χ1v) is 7.64. The van der Waals surface area contributed by atoms with Crippen LogP contribution in [0.2, 0.25) is 0 Å². The number of hydrogen-bond acceptors (Lipinski definition) is 4. The summed E-state index contributed by atoms with van der Waals surface area (Å²) >= 11 is 3.44. The van der Waals surface area contributed by atoms with E-state index in [-0.39, 0.29) is 0 Å². The minimum absolute atomic E-state index is 0.386. The normalized spacial score (nSPS) is 21.1. The van der Waals surface area contributed by atoms with E-state index in [1.165, 1.54) is 10.4 Å². The van der Waals surface area contributed by atoms with Crippen molar-refractivity contribution in [3.63, 3.8) is 0 Å². The lowest BCUT2D eigenvalue weighted by Gasteiger charge is -2.09. The molecule has 1 aliphatic heterocycles. The number of thioether (sulfide) groups is 1. The maximum absolute atomic E-state index is 4.58. The van der Waals surface area contributed by atoms with Crippen LogP contribution < -0.4 is 5.32 Å². The molecule has 0 radical (unpaired) electrons. The van der Waals surface area contributed by atoms with Crippen LogP contribution in [0, 0.1) is 0 Å². The highest BCUT2D eigenvalue weighted by molar-refractivity contribution is 8.14. The molecule has 1 saturated heterocycles. The fraction of sp³-hybridized carbons (Fsp3) is 0.231. The lowest BCUT2D eigenvalue weighted by Crippen LogP contribution is -2.19. The predicted octanol–water partition coefficient (Wildman–Crippen LogP) is 3.08. The molecule has 0 bridgehead atoms. The van der Waals surface area contributed by atoms with Gasteiger partial charge in [0.1, 0.15) is 0 Å². The largest absolute Gasteiger partial charge is 0.357 e. The molecule has 1 fully saturated rings. The Hall–Kier alpha value is -1.33. The van der Waals surface area contributed by atoms with E-state index in [9.17, 15) is 0 Å². The monoisotopic (exact) mass is 275 g/mol. The molecule has 0 amide bonds. The van der Waals surface area contributed by atoms with Crippen LogP contribution in [-0.2, 0) is 6.54 Å². The molecular formula is C13H13N3S2. The van der Waals surface area contributed by atoms with Crippen LogP contribution in [-0.4, -0.2) is 15.9 Å².